The summed E-state index contributed by atoms with van der Waals surface area (Å²) in [6, 6.07) is 11.9. The summed E-state index contributed by atoms with van der Waals surface area (Å²) in [5, 5.41) is 0.641. The van der Waals surface area contributed by atoms with Crippen molar-refractivity contribution in [1.29, 1.82) is 0 Å². The SMILES string of the molecule is Cc1nc(-c2ncccn2)sc1C(=O)N1C[C@@H]2C(Oc3cc(-c4ccc(F)cc4)cc(C(C)(C)N)n3)[C@@H]2C1. The fraction of sp³-hybridized carbons (Fsp3) is 0.321. The molecular formula is C28H27FN6O2S. The van der Waals surface area contributed by atoms with Crippen LogP contribution in [-0.2, 0) is 5.54 Å². The maximum absolute atomic E-state index is 13.5. The number of carbonyl (C=O) groups excluding carboxylic acids is 1. The number of nitrogens with two attached hydrogens (primary N) is 1. The second-order valence-electron chi connectivity index (χ2n) is 10.4. The maximum atomic E-state index is 13.5. The lowest BCUT2D eigenvalue weighted by Gasteiger charge is -2.22. The number of benzene rings is 1. The minimum absolute atomic E-state index is 0.0143. The number of fused-ring (bicyclic) bond motifs is 1. The molecule has 0 radical (unpaired) electrons. The van der Waals surface area contributed by atoms with Gasteiger partial charge in [0.2, 0.25) is 5.88 Å². The molecule has 2 fully saturated rings. The number of likely N-dealkylation sites (tertiary alicyclic amines) is 1. The van der Waals surface area contributed by atoms with Crippen LogP contribution in [0.2, 0.25) is 0 Å². The van der Waals surface area contributed by atoms with Crippen LogP contribution < -0.4 is 10.5 Å². The minimum Gasteiger partial charge on any atom is -0.474 e. The van der Waals surface area contributed by atoms with Gasteiger partial charge in [0.15, 0.2) is 10.8 Å². The second kappa shape index (κ2) is 9.21. The van der Waals surface area contributed by atoms with Gasteiger partial charge in [-0.05, 0) is 56.2 Å². The largest absolute Gasteiger partial charge is 0.474 e. The maximum Gasteiger partial charge on any atom is 0.265 e. The van der Waals surface area contributed by atoms with Gasteiger partial charge >= 0.3 is 0 Å². The Balaban J connectivity index is 1.16. The van der Waals surface area contributed by atoms with Gasteiger partial charge < -0.3 is 15.4 Å². The van der Waals surface area contributed by atoms with Crippen molar-refractivity contribution in [2.24, 2.45) is 17.6 Å². The standard InChI is InChI=1S/C28H27FN6O2S/c1-15-24(38-26(33-15)25-31-9-4-10-32-25)27(36)35-13-19-20(14-35)23(19)37-22-12-17(11-21(34-22)28(2,3)30)16-5-7-18(29)8-6-16/h4-12,19-20,23H,13-14,30H2,1-3H3/t19-,20+,23?. The highest BCUT2D eigenvalue weighted by atomic mass is 32.1. The number of hydrogen-bond donors (Lipinski definition) is 1. The lowest BCUT2D eigenvalue weighted by Crippen LogP contribution is -2.33. The van der Waals surface area contributed by atoms with Crippen molar-refractivity contribution in [3.05, 3.63) is 76.9 Å². The van der Waals surface area contributed by atoms with Crippen LogP contribution in [0.3, 0.4) is 0 Å². The predicted octanol–water partition coefficient (Wildman–Crippen LogP) is 4.45. The number of aryl methyl sites for hydroxylation is 1. The van der Waals surface area contributed by atoms with Crippen molar-refractivity contribution < 1.29 is 13.9 Å². The van der Waals surface area contributed by atoms with Crippen molar-refractivity contribution in [3.8, 4) is 27.8 Å². The molecule has 0 bridgehead atoms. The van der Waals surface area contributed by atoms with Crippen LogP contribution in [0.15, 0.2) is 54.9 Å². The summed E-state index contributed by atoms with van der Waals surface area (Å²) < 4.78 is 19.8. The highest BCUT2D eigenvalue weighted by molar-refractivity contribution is 7.17. The topological polar surface area (TPSA) is 107 Å². The first-order valence-electron chi connectivity index (χ1n) is 12.5. The quantitative estimate of drug-likeness (QED) is 0.392. The van der Waals surface area contributed by atoms with Crippen LogP contribution in [0.5, 0.6) is 5.88 Å². The zero-order valence-electron chi connectivity index (χ0n) is 21.3. The van der Waals surface area contributed by atoms with Crippen LogP contribution in [0.1, 0.15) is 34.9 Å². The first-order valence-corrected chi connectivity index (χ1v) is 13.3. The molecule has 1 aromatic carbocycles. The molecule has 1 amide bonds. The number of piperidine rings is 1. The monoisotopic (exact) mass is 530 g/mol. The molecule has 6 rings (SSSR count). The lowest BCUT2D eigenvalue weighted by atomic mass is 9.97. The molecule has 10 heteroatoms. The van der Waals surface area contributed by atoms with Gasteiger partial charge in [-0.2, -0.15) is 0 Å². The number of amides is 1. The molecule has 1 saturated carbocycles. The number of thiazole rings is 1. The number of aromatic nitrogens is 4. The van der Waals surface area contributed by atoms with Gasteiger partial charge in [0, 0.05) is 43.4 Å². The van der Waals surface area contributed by atoms with E-state index in [2.05, 4.69) is 19.9 Å². The number of rotatable bonds is 6. The summed E-state index contributed by atoms with van der Waals surface area (Å²) in [4.78, 5) is 33.5. The van der Waals surface area contributed by atoms with Crippen molar-refractivity contribution in [2.45, 2.75) is 32.4 Å². The molecule has 1 saturated heterocycles. The van der Waals surface area contributed by atoms with Crippen LogP contribution in [-0.4, -0.2) is 49.9 Å². The van der Waals surface area contributed by atoms with E-state index in [1.165, 1.54) is 23.5 Å². The Labute approximate surface area is 223 Å². The first kappa shape index (κ1) is 24.6. The zero-order valence-corrected chi connectivity index (χ0v) is 22.1. The molecule has 8 nitrogen and oxygen atoms in total. The van der Waals surface area contributed by atoms with Crippen LogP contribution in [0.25, 0.3) is 22.0 Å². The Morgan fingerprint density at radius 2 is 1.76 bits per heavy atom. The van der Waals surface area contributed by atoms with E-state index in [1.807, 2.05) is 37.8 Å². The van der Waals surface area contributed by atoms with Gasteiger partial charge in [-0.25, -0.2) is 24.3 Å². The zero-order chi connectivity index (χ0) is 26.6. The van der Waals surface area contributed by atoms with Crippen LogP contribution in [0.4, 0.5) is 4.39 Å². The molecule has 2 aliphatic rings. The van der Waals surface area contributed by atoms with E-state index in [4.69, 9.17) is 10.5 Å². The van der Waals surface area contributed by atoms with E-state index in [0.29, 0.717) is 46.1 Å². The normalized spacial score (nSPS) is 20.3. The number of pyridine rings is 1. The molecule has 0 spiro atoms. The number of halogens is 1. The summed E-state index contributed by atoms with van der Waals surface area (Å²) in [5.74, 6) is 1.19. The fourth-order valence-electron chi connectivity index (χ4n) is 4.90. The fourth-order valence-corrected chi connectivity index (χ4v) is 5.88. The van der Waals surface area contributed by atoms with E-state index < -0.39 is 5.54 Å². The number of hydrogen-bond acceptors (Lipinski definition) is 8. The Morgan fingerprint density at radius 1 is 1.08 bits per heavy atom. The summed E-state index contributed by atoms with van der Waals surface area (Å²) in [7, 11) is 0. The van der Waals surface area contributed by atoms with E-state index in [9.17, 15) is 9.18 Å². The summed E-state index contributed by atoms with van der Waals surface area (Å²) in [6.07, 6.45) is 3.31. The molecule has 1 unspecified atom stereocenters. The molecule has 2 N–H and O–H groups in total. The summed E-state index contributed by atoms with van der Waals surface area (Å²) >= 11 is 1.33. The van der Waals surface area contributed by atoms with Gasteiger partial charge in [-0.15, -0.1) is 11.3 Å². The minimum atomic E-state index is -0.674. The van der Waals surface area contributed by atoms with Crippen LogP contribution >= 0.6 is 11.3 Å². The Morgan fingerprint density at radius 3 is 2.42 bits per heavy atom. The average molecular weight is 531 g/mol. The molecule has 3 aromatic heterocycles. The van der Waals surface area contributed by atoms with E-state index >= 15 is 0 Å². The second-order valence-corrected chi connectivity index (χ2v) is 11.4. The first-order chi connectivity index (χ1) is 18.2. The Hall–Kier alpha value is -3.76. The Bertz CT molecular complexity index is 1490. The summed E-state index contributed by atoms with van der Waals surface area (Å²) in [5.41, 5.74) is 8.79. The Kier molecular flexibility index (Phi) is 5.96. The molecule has 1 aliphatic heterocycles. The smallest absolute Gasteiger partial charge is 0.265 e. The van der Waals surface area contributed by atoms with E-state index in [1.54, 1.807) is 30.6 Å². The van der Waals surface area contributed by atoms with Crippen LogP contribution in [0, 0.1) is 24.6 Å². The molecule has 4 heterocycles. The van der Waals surface area contributed by atoms with E-state index in [-0.39, 0.29) is 29.7 Å². The third-order valence-electron chi connectivity index (χ3n) is 7.05. The lowest BCUT2D eigenvalue weighted by molar-refractivity contribution is 0.0755. The number of carbonyl (C=O) groups is 1. The molecule has 38 heavy (non-hydrogen) atoms. The highest BCUT2D eigenvalue weighted by Crippen LogP contribution is 2.48. The molecule has 194 valence electrons. The van der Waals surface area contributed by atoms with Gasteiger partial charge in [0.05, 0.1) is 16.9 Å². The molecular weight excluding hydrogens is 503 g/mol. The van der Waals surface area contributed by atoms with Crippen molar-refractivity contribution >= 4 is 17.2 Å². The highest BCUT2D eigenvalue weighted by Gasteiger charge is 2.59. The third-order valence-corrected chi connectivity index (χ3v) is 8.19. The van der Waals surface area contributed by atoms with Gasteiger partial charge in [0.25, 0.3) is 5.91 Å². The number of ether oxygens (including phenoxy) is 1. The average Bonchev–Trinajstić information content (AvgIpc) is 3.22. The molecule has 4 aromatic rings. The van der Waals surface area contributed by atoms with Crippen molar-refractivity contribution in [3.63, 3.8) is 0 Å². The summed E-state index contributed by atoms with van der Waals surface area (Å²) in [6.45, 7) is 6.86. The third kappa shape index (κ3) is 4.65. The van der Waals surface area contributed by atoms with E-state index in [0.717, 1.165) is 11.1 Å². The molecule has 1 aliphatic carbocycles. The number of nitrogens with zero attached hydrogens (tertiary/aromatic N) is 5. The van der Waals surface area contributed by atoms with Gasteiger partial charge in [-0.3, -0.25) is 4.79 Å². The van der Waals surface area contributed by atoms with Crippen molar-refractivity contribution in [1.82, 2.24) is 24.8 Å². The van der Waals surface area contributed by atoms with Gasteiger partial charge in [-0.1, -0.05) is 12.1 Å². The predicted molar refractivity (Wildman–Crippen MR) is 142 cm³/mol. The van der Waals surface area contributed by atoms with Gasteiger partial charge in [0.1, 0.15) is 16.8 Å². The van der Waals surface area contributed by atoms with Crippen molar-refractivity contribution in [2.75, 3.05) is 13.1 Å². The molecule has 3 atom stereocenters.